The van der Waals surface area contributed by atoms with Crippen LogP contribution in [0.1, 0.15) is 37.3 Å². The number of aliphatic hydroxyl groups is 1. The van der Waals surface area contributed by atoms with Crippen molar-refractivity contribution in [3.8, 4) is 11.5 Å². The van der Waals surface area contributed by atoms with Gasteiger partial charge in [0.2, 0.25) is 0 Å². The van der Waals surface area contributed by atoms with Crippen LogP contribution in [-0.2, 0) is 26.2 Å². The minimum Gasteiger partial charge on any atom is -0.504 e. The standard InChI is InChI=1S/C22H25NO7/c1-11(20(26)27)9-16(25)29-14-5-6-22(28)15-10-12-3-4-13(24)18-17(12)21(22,19(14)30-18)7-8-23(15)2/h3-5,11,15,19,24,28H,6-10H2,1-2H3,(H,26,27)/t11-,15+,19?,21?,22+/m0/s1. The van der Waals surface area contributed by atoms with Gasteiger partial charge in [-0.2, -0.15) is 0 Å². The molecule has 0 radical (unpaired) electrons. The average molecular weight is 415 g/mol. The van der Waals surface area contributed by atoms with Crippen molar-refractivity contribution in [2.45, 2.75) is 55.8 Å². The van der Waals surface area contributed by atoms with Crippen LogP contribution in [0.25, 0.3) is 0 Å². The Morgan fingerprint density at radius 1 is 1.40 bits per heavy atom. The van der Waals surface area contributed by atoms with Crippen LogP contribution in [0.15, 0.2) is 24.0 Å². The quantitative estimate of drug-likeness (QED) is 0.631. The Morgan fingerprint density at radius 3 is 2.90 bits per heavy atom. The maximum absolute atomic E-state index is 12.4. The van der Waals surface area contributed by atoms with E-state index < -0.39 is 35.0 Å². The molecule has 2 aliphatic heterocycles. The van der Waals surface area contributed by atoms with Crippen LogP contribution < -0.4 is 4.74 Å². The molecule has 1 saturated heterocycles. The number of ether oxygens (including phenoxy) is 2. The third kappa shape index (κ3) is 2.29. The van der Waals surface area contributed by atoms with Crippen LogP contribution in [0.4, 0.5) is 0 Å². The Balaban J connectivity index is 1.58. The lowest BCUT2D eigenvalue weighted by molar-refractivity contribution is -0.170. The molecule has 2 bridgehead atoms. The van der Waals surface area contributed by atoms with Crippen LogP contribution >= 0.6 is 0 Å². The predicted molar refractivity (Wildman–Crippen MR) is 104 cm³/mol. The van der Waals surface area contributed by atoms with Crippen molar-refractivity contribution >= 4 is 11.9 Å². The number of carbonyl (C=O) groups excluding carboxylic acids is 1. The molecule has 3 N–H and O–H groups in total. The van der Waals surface area contributed by atoms with Gasteiger partial charge < -0.3 is 29.7 Å². The summed E-state index contributed by atoms with van der Waals surface area (Å²) >= 11 is 0. The number of aromatic hydroxyl groups is 1. The first-order chi connectivity index (χ1) is 14.2. The number of likely N-dealkylation sites (tertiary alicyclic amines) is 1. The summed E-state index contributed by atoms with van der Waals surface area (Å²) in [5, 5.41) is 31.5. The number of esters is 1. The Labute approximate surface area is 173 Å². The maximum atomic E-state index is 12.4. The van der Waals surface area contributed by atoms with E-state index in [4.69, 9.17) is 14.6 Å². The van der Waals surface area contributed by atoms with Gasteiger partial charge in [-0.05, 0) is 44.1 Å². The highest BCUT2D eigenvalue weighted by Gasteiger charge is 2.72. The van der Waals surface area contributed by atoms with E-state index in [1.807, 2.05) is 13.1 Å². The van der Waals surface area contributed by atoms with Gasteiger partial charge in [-0.1, -0.05) is 13.0 Å². The number of rotatable bonds is 4. The summed E-state index contributed by atoms with van der Waals surface area (Å²) in [6.07, 6.45) is 2.20. The van der Waals surface area contributed by atoms with Crippen molar-refractivity contribution in [1.82, 2.24) is 4.90 Å². The van der Waals surface area contributed by atoms with Crippen LogP contribution in [0.5, 0.6) is 11.5 Å². The van der Waals surface area contributed by atoms with Gasteiger partial charge in [-0.15, -0.1) is 0 Å². The number of phenolic OH excluding ortho intramolecular Hbond substituents is 1. The number of nitrogens with zero attached hydrogens (tertiary/aromatic N) is 1. The molecular formula is C22H25NO7. The van der Waals surface area contributed by atoms with Crippen LogP contribution in [0.3, 0.4) is 0 Å². The smallest absolute Gasteiger partial charge is 0.311 e. The molecule has 0 amide bonds. The number of aliphatic carboxylic acids is 1. The van der Waals surface area contributed by atoms with Gasteiger partial charge in [0.15, 0.2) is 17.6 Å². The molecule has 30 heavy (non-hydrogen) atoms. The molecule has 0 aromatic heterocycles. The Bertz CT molecular complexity index is 988. The molecule has 1 fully saturated rings. The highest BCUT2D eigenvalue weighted by atomic mass is 16.6. The van der Waals surface area contributed by atoms with E-state index in [-0.39, 0.29) is 30.4 Å². The molecule has 4 aliphatic rings. The number of carboxylic acid groups (broad SMARTS) is 1. The summed E-state index contributed by atoms with van der Waals surface area (Å²) in [5.74, 6) is -1.95. The molecule has 2 unspecified atom stereocenters. The summed E-state index contributed by atoms with van der Waals surface area (Å²) in [6.45, 7) is 2.18. The van der Waals surface area contributed by atoms with Gasteiger partial charge in [0, 0.05) is 18.0 Å². The molecule has 5 rings (SSSR count). The normalized spacial score (nSPS) is 34.4. The lowest BCUT2D eigenvalue weighted by Crippen LogP contribution is -2.74. The number of likely N-dealkylation sites (N-methyl/N-ethyl adjacent to an activating group) is 1. The second-order valence-corrected chi connectivity index (χ2v) is 9.02. The highest BCUT2D eigenvalue weighted by molar-refractivity contribution is 5.79. The molecule has 0 saturated carbocycles. The third-order valence-electron chi connectivity index (χ3n) is 7.48. The molecule has 8 heteroatoms. The molecule has 2 aliphatic carbocycles. The summed E-state index contributed by atoms with van der Waals surface area (Å²) in [5.41, 5.74) is -0.103. The number of benzene rings is 1. The fourth-order valence-corrected chi connectivity index (χ4v) is 5.95. The van der Waals surface area contributed by atoms with Gasteiger partial charge in [0.05, 0.1) is 23.4 Å². The molecular weight excluding hydrogens is 390 g/mol. The zero-order valence-electron chi connectivity index (χ0n) is 16.9. The molecule has 2 heterocycles. The van der Waals surface area contributed by atoms with Gasteiger partial charge in [0.25, 0.3) is 0 Å². The number of piperidine rings is 1. The van der Waals surface area contributed by atoms with E-state index >= 15 is 0 Å². The fourth-order valence-electron chi connectivity index (χ4n) is 5.95. The zero-order chi connectivity index (χ0) is 21.4. The average Bonchev–Trinajstić information content (AvgIpc) is 3.04. The number of hydrogen-bond acceptors (Lipinski definition) is 7. The van der Waals surface area contributed by atoms with Crippen LogP contribution in [-0.4, -0.2) is 63.5 Å². The first-order valence-electron chi connectivity index (χ1n) is 10.3. The monoisotopic (exact) mass is 415 g/mol. The van der Waals surface area contributed by atoms with Crippen molar-refractivity contribution in [2.24, 2.45) is 5.92 Å². The van der Waals surface area contributed by atoms with Gasteiger partial charge in [-0.3, -0.25) is 9.59 Å². The first kappa shape index (κ1) is 19.4. The Kier molecular flexibility index (Phi) is 4.02. The van der Waals surface area contributed by atoms with E-state index in [0.717, 1.165) is 17.7 Å². The van der Waals surface area contributed by atoms with Crippen molar-refractivity contribution in [1.29, 1.82) is 0 Å². The number of carboxylic acids is 1. The number of carbonyl (C=O) groups is 2. The van der Waals surface area contributed by atoms with Crippen molar-refractivity contribution in [3.05, 3.63) is 35.1 Å². The number of phenols is 1. The van der Waals surface area contributed by atoms with Gasteiger partial charge >= 0.3 is 11.9 Å². The molecule has 1 aromatic rings. The molecule has 8 nitrogen and oxygen atoms in total. The van der Waals surface area contributed by atoms with E-state index in [9.17, 15) is 19.8 Å². The Hall–Kier alpha value is -2.58. The lowest BCUT2D eigenvalue weighted by Gasteiger charge is -2.61. The lowest BCUT2D eigenvalue weighted by atomic mass is 9.50. The van der Waals surface area contributed by atoms with E-state index in [0.29, 0.717) is 18.6 Å². The molecule has 1 spiro atoms. The van der Waals surface area contributed by atoms with E-state index in [2.05, 4.69) is 4.90 Å². The minimum atomic E-state index is -1.12. The Morgan fingerprint density at radius 2 is 2.17 bits per heavy atom. The van der Waals surface area contributed by atoms with Crippen molar-refractivity contribution < 1.29 is 34.4 Å². The van der Waals surface area contributed by atoms with Gasteiger partial charge in [-0.25, -0.2) is 0 Å². The largest absolute Gasteiger partial charge is 0.504 e. The van der Waals surface area contributed by atoms with E-state index in [1.54, 1.807) is 12.1 Å². The first-order valence-corrected chi connectivity index (χ1v) is 10.3. The predicted octanol–water partition coefficient (Wildman–Crippen LogP) is 1.32. The third-order valence-corrected chi connectivity index (χ3v) is 7.48. The topological polar surface area (TPSA) is 117 Å². The van der Waals surface area contributed by atoms with E-state index in [1.165, 1.54) is 6.92 Å². The minimum absolute atomic E-state index is 0.00225. The number of hydrogen-bond donors (Lipinski definition) is 3. The SMILES string of the molecule is C[C@@H](CC(=O)OC1=CC[C@@]2(O)[C@H]3Cc4ccc(O)c5c4C2(CCN3C)C1O5)C(=O)O. The zero-order valence-corrected chi connectivity index (χ0v) is 16.9. The fraction of sp³-hybridized carbons (Fsp3) is 0.545. The van der Waals surface area contributed by atoms with Crippen LogP contribution in [0, 0.1) is 5.92 Å². The summed E-state index contributed by atoms with van der Waals surface area (Å²) in [4.78, 5) is 25.7. The van der Waals surface area contributed by atoms with Crippen molar-refractivity contribution in [2.75, 3.05) is 13.6 Å². The second-order valence-electron chi connectivity index (χ2n) is 9.02. The molecule has 1 aromatic carbocycles. The highest BCUT2D eigenvalue weighted by Crippen LogP contribution is 2.65. The summed E-state index contributed by atoms with van der Waals surface area (Å²) in [6, 6.07) is 3.36. The summed E-state index contributed by atoms with van der Waals surface area (Å²) in [7, 11) is 2.00. The van der Waals surface area contributed by atoms with Crippen LogP contribution in [0.2, 0.25) is 0 Å². The summed E-state index contributed by atoms with van der Waals surface area (Å²) < 4.78 is 11.8. The molecule has 5 atom stereocenters. The van der Waals surface area contributed by atoms with Crippen molar-refractivity contribution in [3.63, 3.8) is 0 Å². The van der Waals surface area contributed by atoms with Gasteiger partial charge in [0.1, 0.15) is 5.76 Å². The molecule has 160 valence electrons. The second kappa shape index (κ2) is 6.21. The maximum Gasteiger partial charge on any atom is 0.311 e.